The van der Waals surface area contributed by atoms with Crippen LogP contribution in [0.4, 0.5) is 0 Å². The molecule has 2 aromatic rings. The highest BCUT2D eigenvalue weighted by atomic mass is 16.5. The van der Waals surface area contributed by atoms with Crippen molar-refractivity contribution in [3.8, 4) is 0 Å². The number of benzene rings is 2. The first kappa shape index (κ1) is 21.4. The average molecular weight is 433 g/mol. The topological polar surface area (TPSA) is 66.8 Å². The summed E-state index contributed by atoms with van der Waals surface area (Å²) >= 11 is 0. The molecule has 2 saturated carbocycles. The van der Waals surface area contributed by atoms with Gasteiger partial charge in [-0.2, -0.15) is 0 Å². The molecule has 4 heteroatoms. The first-order chi connectivity index (χ1) is 15.1. The number of fused-ring (bicyclic) bond motifs is 7. The highest BCUT2D eigenvalue weighted by Crippen LogP contribution is 2.78. The molecule has 5 rings (SSSR count). The normalized spacial score (nSPS) is 36.5. The standard InChI is InChI=1S/C28H32O4/c1-18-17-27(30)26(4)23(32-24(29)15-14-19-10-6-5-7-11-19)16-22(25(26,2)3)28(27,31)21-13-9-8-12-20(18)21/h5-13,22-23,30-31H,1,14-17H2,2-4H3. The van der Waals surface area contributed by atoms with Crippen molar-refractivity contribution in [3.05, 3.63) is 77.9 Å². The molecule has 2 N–H and O–H groups in total. The Hall–Kier alpha value is -2.43. The molecular formula is C28H32O4. The maximum absolute atomic E-state index is 12.8. The van der Waals surface area contributed by atoms with Crippen molar-refractivity contribution in [2.75, 3.05) is 0 Å². The van der Waals surface area contributed by atoms with Crippen molar-refractivity contribution in [3.63, 3.8) is 0 Å². The van der Waals surface area contributed by atoms with Crippen molar-refractivity contribution in [1.29, 1.82) is 0 Å². The molecule has 2 fully saturated rings. The van der Waals surface area contributed by atoms with Crippen LogP contribution < -0.4 is 0 Å². The molecule has 3 aliphatic carbocycles. The zero-order valence-electron chi connectivity index (χ0n) is 19.1. The molecule has 2 aromatic carbocycles. The highest BCUT2D eigenvalue weighted by molar-refractivity contribution is 5.74. The van der Waals surface area contributed by atoms with Crippen molar-refractivity contribution in [2.24, 2.45) is 16.7 Å². The summed E-state index contributed by atoms with van der Waals surface area (Å²) < 4.78 is 6.05. The van der Waals surface area contributed by atoms with Gasteiger partial charge in [0, 0.05) is 24.2 Å². The summed E-state index contributed by atoms with van der Waals surface area (Å²) in [5.41, 5.74) is -0.573. The van der Waals surface area contributed by atoms with Crippen LogP contribution in [0.3, 0.4) is 0 Å². The molecule has 0 spiro atoms. The average Bonchev–Trinajstić information content (AvgIpc) is 3.03. The summed E-state index contributed by atoms with van der Waals surface area (Å²) in [6.07, 6.45) is 1.23. The minimum Gasteiger partial charge on any atom is -0.462 e. The van der Waals surface area contributed by atoms with E-state index in [9.17, 15) is 15.0 Å². The number of aliphatic hydroxyl groups is 2. The van der Waals surface area contributed by atoms with Gasteiger partial charge >= 0.3 is 5.97 Å². The molecule has 168 valence electrons. The second kappa shape index (κ2) is 6.79. The largest absolute Gasteiger partial charge is 0.462 e. The first-order valence-corrected chi connectivity index (χ1v) is 11.5. The van der Waals surface area contributed by atoms with Crippen LogP contribution in [0.15, 0.2) is 61.2 Å². The number of esters is 1. The third-order valence-electron chi connectivity index (χ3n) is 9.22. The second-order valence-electron chi connectivity index (χ2n) is 10.6. The lowest BCUT2D eigenvalue weighted by Crippen LogP contribution is -2.66. The number of aryl methyl sites for hydroxylation is 1. The fourth-order valence-electron chi connectivity index (χ4n) is 7.23. The molecule has 5 unspecified atom stereocenters. The third-order valence-corrected chi connectivity index (χ3v) is 9.22. The van der Waals surface area contributed by atoms with E-state index in [4.69, 9.17) is 4.74 Å². The Labute approximate surface area is 189 Å². The van der Waals surface area contributed by atoms with E-state index in [1.165, 1.54) is 0 Å². The molecule has 0 radical (unpaired) electrons. The van der Waals surface area contributed by atoms with E-state index in [0.29, 0.717) is 19.3 Å². The van der Waals surface area contributed by atoms with E-state index in [1.54, 1.807) is 0 Å². The van der Waals surface area contributed by atoms with Crippen LogP contribution in [0.5, 0.6) is 0 Å². The third kappa shape index (κ3) is 2.43. The quantitative estimate of drug-likeness (QED) is 0.691. The Morgan fingerprint density at radius 3 is 2.44 bits per heavy atom. The minimum atomic E-state index is -1.47. The lowest BCUT2D eigenvalue weighted by atomic mass is 9.54. The maximum Gasteiger partial charge on any atom is 0.306 e. The van der Waals surface area contributed by atoms with E-state index in [0.717, 1.165) is 22.3 Å². The predicted octanol–water partition coefficient (Wildman–Crippen LogP) is 4.63. The smallest absolute Gasteiger partial charge is 0.306 e. The summed E-state index contributed by atoms with van der Waals surface area (Å²) in [6.45, 7) is 10.4. The summed E-state index contributed by atoms with van der Waals surface area (Å²) in [4.78, 5) is 12.8. The molecule has 0 aromatic heterocycles. The van der Waals surface area contributed by atoms with Crippen molar-refractivity contribution >= 4 is 11.5 Å². The van der Waals surface area contributed by atoms with E-state index in [2.05, 4.69) is 20.4 Å². The number of hydrogen-bond acceptors (Lipinski definition) is 4. The summed E-state index contributed by atoms with van der Waals surface area (Å²) in [5.74, 6) is -0.503. The zero-order valence-corrected chi connectivity index (χ0v) is 19.1. The summed E-state index contributed by atoms with van der Waals surface area (Å²) in [7, 11) is 0. The molecule has 4 nitrogen and oxygen atoms in total. The van der Waals surface area contributed by atoms with Gasteiger partial charge in [-0.25, -0.2) is 0 Å². The minimum absolute atomic E-state index is 0.244. The molecule has 0 saturated heterocycles. The monoisotopic (exact) mass is 432 g/mol. The lowest BCUT2D eigenvalue weighted by Gasteiger charge is -2.56. The van der Waals surface area contributed by atoms with Gasteiger partial charge in [0.05, 0.1) is 0 Å². The molecule has 5 atom stereocenters. The molecule has 0 amide bonds. The zero-order chi connectivity index (χ0) is 22.9. The number of carbonyl (C=O) groups excluding carboxylic acids is 1. The van der Waals surface area contributed by atoms with Gasteiger partial charge in [0.2, 0.25) is 0 Å². The number of rotatable bonds is 4. The fourth-order valence-corrected chi connectivity index (χ4v) is 7.23. The van der Waals surface area contributed by atoms with Crippen LogP contribution in [0.1, 0.15) is 56.7 Å². The molecule has 0 heterocycles. The van der Waals surface area contributed by atoms with E-state index < -0.39 is 28.1 Å². The molecule has 3 aliphatic rings. The van der Waals surface area contributed by atoms with Gasteiger partial charge in [0.1, 0.15) is 17.3 Å². The molecular weight excluding hydrogens is 400 g/mol. The Morgan fingerprint density at radius 1 is 1.06 bits per heavy atom. The maximum atomic E-state index is 12.8. The van der Waals surface area contributed by atoms with Crippen LogP contribution in [-0.2, 0) is 21.6 Å². The van der Waals surface area contributed by atoms with Gasteiger partial charge in [-0.05, 0) is 40.5 Å². The van der Waals surface area contributed by atoms with E-state index in [1.807, 2.05) is 61.5 Å². The molecule has 2 bridgehead atoms. The predicted molar refractivity (Wildman–Crippen MR) is 124 cm³/mol. The van der Waals surface area contributed by atoms with Crippen molar-refractivity contribution in [2.45, 2.75) is 63.8 Å². The van der Waals surface area contributed by atoms with E-state index >= 15 is 0 Å². The second-order valence-corrected chi connectivity index (χ2v) is 10.6. The molecule has 0 aliphatic heterocycles. The van der Waals surface area contributed by atoms with Crippen LogP contribution in [0.2, 0.25) is 0 Å². The van der Waals surface area contributed by atoms with Gasteiger partial charge in [-0.3, -0.25) is 4.79 Å². The fraction of sp³-hybridized carbons (Fsp3) is 0.464. The summed E-state index contributed by atoms with van der Waals surface area (Å²) in [6, 6.07) is 17.6. The Balaban J connectivity index is 1.47. The van der Waals surface area contributed by atoms with Gasteiger partial charge in [0.25, 0.3) is 0 Å². The lowest BCUT2D eigenvalue weighted by molar-refractivity contribution is -0.244. The van der Waals surface area contributed by atoms with Crippen LogP contribution >= 0.6 is 0 Å². The van der Waals surface area contributed by atoms with Gasteiger partial charge in [-0.15, -0.1) is 0 Å². The number of hydrogen-bond donors (Lipinski definition) is 2. The Kier molecular flexibility index (Phi) is 4.54. The SMILES string of the molecule is C=C1CC2(O)C(O)(c3ccccc31)C1CC(OC(=O)CCc3ccccc3)C2(C)C1(C)C. The van der Waals surface area contributed by atoms with Crippen LogP contribution in [-0.4, -0.2) is 27.9 Å². The van der Waals surface area contributed by atoms with Crippen LogP contribution in [0, 0.1) is 16.7 Å². The first-order valence-electron chi connectivity index (χ1n) is 11.5. The van der Waals surface area contributed by atoms with Gasteiger partial charge < -0.3 is 14.9 Å². The van der Waals surface area contributed by atoms with E-state index in [-0.39, 0.29) is 18.3 Å². The van der Waals surface area contributed by atoms with Crippen molar-refractivity contribution < 1.29 is 19.7 Å². The number of ether oxygens (including phenoxy) is 1. The van der Waals surface area contributed by atoms with Gasteiger partial charge in [0.15, 0.2) is 0 Å². The highest BCUT2D eigenvalue weighted by Gasteiger charge is 2.84. The van der Waals surface area contributed by atoms with Crippen LogP contribution in [0.25, 0.3) is 5.57 Å². The van der Waals surface area contributed by atoms with Gasteiger partial charge in [-0.1, -0.05) is 81.9 Å². The Morgan fingerprint density at radius 2 is 1.72 bits per heavy atom. The Bertz CT molecular complexity index is 1090. The number of carbonyl (C=O) groups is 1. The molecule has 32 heavy (non-hydrogen) atoms. The summed E-state index contributed by atoms with van der Waals surface area (Å²) in [5, 5.41) is 24.5. The van der Waals surface area contributed by atoms with Crippen molar-refractivity contribution in [1.82, 2.24) is 0 Å².